The molecule has 114 valence electrons. The number of hydrogen-bond acceptors (Lipinski definition) is 2. The zero-order valence-corrected chi connectivity index (χ0v) is 12.2. The van der Waals surface area contributed by atoms with Crippen LogP contribution in [0.1, 0.15) is 31.2 Å². The standard InChI is InChI=1S/C17H22FNO2/c18-16-11-19(9-8-15(16)10-13-6-7-13)17(20)21-12-14-4-2-1-3-5-14/h1-5,13,15-16H,6-12H2/t15-,16-/m0/s1. The third kappa shape index (κ3) is 3.96. The van der Waals surface area contributed by atoms with Gasteiger partial charge in [-0.25, -0.2) is 9.18 Å². The van der Waals surface area contributed by atoms with E-state index < -0.39 is 12.3 Å². The molecule has 21 heavy (non-hydrogen) atoms. The SMILES string of the molecule is O=C(OCc1ccccc1)N1CC[C@@H](CC2CC2)[C@@H](F)C1. The van der Waals surface area contributed by atoms with E-state index in [9.17, 15) is 9.18 Å². The highest BCUT2D eigenvalue weighted by Gasteiger charge is 2.35. The Morgan fingerprint density at radius 3 is 2.67 bits per heavy atom. The molecule has 1 aromatic carbocycles. The third-order valence-corrected chi connectivity index (χ3v) is 4.47. The van der Waals surface area contributed by atoms with Gasteiger partial charge in [0.1, 0.15) is 12.8 Å². The molecule has 4 heteroatoms. The van der Waals surface area contributed by atoms with Gasteiger partial charge in [-0.05, 0) is 30.2 Å². The Kier molecular flexibility index (Phi) is 4.42. The van der Waals surface area contributed by atoms with Gasteiger partial charge in [0.15, 0.2) is 0 Å². The highest BCUT2D eigenvalue weighted by Crippen LogP contribution is 2.39. The Hall–Kier alpha value is -1.58. The van der Waals surface area contributed by atoms with E-state index in [0.29, 0.717) is 6.54 Å². The van der Waals surface area contributed by atoms with Crippen LogP contribution < -0.4 is 0 Å². The van der Waals surface area contributed by atoms with Gasteiger partial charge in [-0.15, -0.1) is 0 Å². The Bertz CT molecular complexity index is 475. The molecular formula is C17H22FNO2. The summed E-state index contributed by atoms with van der Waals surface area (Å²) in [7, 11) is 0. The van der Waals surface area contributed by atoms with Gasteiger partial charge in [-0.2, -0.15) is 0 Å². The highest BCUT2D eigenvalue weighted by molar-refractivity contribution is 5.67. The quantitative estimate of drug-likeness (QED) is 0.845. The molecule has 0 radical (unpaired) electrons. The summed E-state index contributed by atoms with van der Waals surface area (Å²) in [6.07, 6.45) is 2.97. The van der Waals surface area contributed by atoms with Crippen molar-refractivity contribution >= 4 is 6.09 Å². The number of nitrogens with zero attached hydrogens (tertiary/aromatic N) is 1. The highest BCUT2D eigenvalue weighted by atomic mass is 19.1. The van der Waals surface area contributed by atoms with E-state index in [1.54, 1.807) is 0 Å². The smallest absolute Gasteiger partial charge is 0.410 e. The topological polar surface area (TPSA) is 29.5 Å². The molecule has 1 saturated carbocycles. The molecule has 0 aromatic heterocycles. The van der Waals surface area contributed by atoms with Crippen LogP contribution in [0.3, 0.4) is 0 Å². The second kappa shape index (κ2) is 6.46. The molecule has 2 aliphatic rings. The van der Waals surface area contributed by atoms with Crippen LogP contribution in [0.5, 0.6) is 0 Å². The number of carbonyl (C=O) groups is 1. The fraction of sp³-hybridized carbons (Fsp3) is 0.588. The second-order valence-electron chi connectivity index (χ2n) is 6.23. The van der Waals surface area contributed by atoms with E-state index in [1.165, 1.54) is 17.7 Å². The molecule has 0 N–H and O–H groups in total. The summed E-state index contributed by atoms with van der Waals surface area (Å²) >= 11 is 0. The van der Waals surface area contributed by atoms with E-state index in [0.717, 1.165) is 24.3 Å². The van der Waals surface area contributed by atoms with Crippen LogP contribution in [-0.2, 0) is 11.3 Å². The van der Waals surface area contributed by atoms with Crippen LogP contribution in [0.2, 0.25) is 0 Å². The van der Waals surface area contributed by atoms with Crippen molar-refractivity contribution in [2.75, 3.05) is 13.1 Å². The zero-order valence-electron chi connectivity index (χ0n) is 12.2. The van der Waals surface area contributed by atoms with E-state index in [4.69, 9.17) is 4.74 Å². The number of alkyl halides is 1. The van der Waals surface area contributed by atoms with E-state index in [1.807, 2.05) is 30.3 Å². The number of carbonyl (C=O) groups excluding carboxylic acids is 1. The normalized spacial score (nSPS) is 25.7. The van der Waals surface area contributed by atoms with Crippen LogP contribution in [0.25, 0.3) is 0 Å². The van der Waals surface area contributed by atoms with Crippen molar-refractivity contribution in [3.05, 3.63) is 35.9 Å². The molecule has 1 aliphatic heterocycles. The molecule has 0 spiro atoms. The van der Waals surface area contributed by atoms with Gasteiger partial charge in [-0.1, -0.05) is 43.2 Å². The summed E-state index contributed by atoms with van der Waals surface area (Å²) in [6, 6.07) is 9.55. The maximum Gasteiger partial charge on any atom is 0.410 e. The maximum absolute atomic E-state index is 14.2. The predicted octanol–water partition coefficient (Wildman–Crippen LogP) is 3.78. The van der Waals surface area contributed by atoms with Crippen molar-refractivity contribution in [3.8, 4) is 0 Å². The Morgan fingerprint density at radius 2 is 2.00 bits per heavy atom. The number of benzene rings is 1. The Balaban J connectivity index is 1.45. The van der Waals surface area contributed by atoms with Gasteiger partial charge in [-0.3, -0.25) is 0 Å². The third-order valence-electron chi connectivity index (χ3n) is 4.47. The molecule has 0 unspecified atom stereocenters. The molecule has 1 saturated heterocycles. The first-order valence-electron chi connectivity index (χ1n) is 7.82. The zero-order chi connectivity index (χ0) is 14.7. The Morgan fingerprint density at radius 1 is 1.24 bits per heavy atom. The summed E-state index contributed by atoms with van der Waals surface area (Å²) in [5.74, 6) is 0.875. The van der Waals surface area contributed by atoms with Crippen molar-refractivity contribution < 1.29 is 13.9 Å². The van der Waals surface area contributed by atoms with Crippen LogP contribution in [0.4, 0.5) is 9.18 Å². The van der Waals surface area contributed by atoms with E-state index >= 15 is 0 Å². The lowest BCUT2D eigenvalue weighted by Gasteiger charge is -2.34. The van der Waals surface area contributed by atoms with Gasteiger partial charge in [0, 0.05) is 6.54 Å². The molecule has 1 amide bonds. The average molecular weight is 291 g/mol. The summed E-state index contributed by atoms with van der Waals surface area (Å²) in [4.78, 5) is 13.5. The minimum Gasteiger partial charge on any atom is -0.445 e. The van der Waals surface area contributed by atoms with Gasteiger partial charge < -0.3 is 9.64 Å². The summed E-state index contributed by atoms with van der Waals surface area (Å²) in [6.45, 7) is 1.05. The minimum absolute atomic E-state index is 0.135. The second-order valence-corrected chi connectivity index (χ2v) is 6.23. The molecule has 1 heterocycles. The molecular weight excluding hydrogens is 269 g/mol. The predicted molar refractivity (Wildman–Crippen MR) is 78.5 cm³/mol. The summed E-state index contributed by atoms with van der Waals surface area (Å²) in [5, 5.41) is 0. The molecule has 3 rings (SSSR count). The monoisotopic (exact) mass is 291 g/mol. The first kappa shape index (κ1) is 14.4. The lowest BCUT2D eigenvalue weighted by atomic mass is 9.90. The van der Waals surface area contributed by atoms with Crippen LogP contribution in [0, 0.1) is 11.8 Å². The summed E-state index contributed by atoms with van der Waals surface area (Å²) in [5.41, 5.74) is 0.950. The van der Waals surface area contributed by atoms with Crippen LogP contribution in [0.15, 0.2) is 30.3 Å². The van der Waals surface area contributed by atoms with E-state index in [2.05, 4.69) is 0 Å². The number of halogens is 1. The van der Waals surface area contributed by atoms with Crippen LogP contribution in [-0.4, -0.2) is 30.3 Å². The number of rotatable bonds is 4. The number of piperidine rings is 1. The average Bonchev–Trinajstić information content (AvgIpc) is 3.32. The van der Waals surface area contributed by atoms with Crippen molar-refractivity contribution in [2.45, 2.75) is 38.5 Å². The van der Waals surface area contributed by atoms with Crippen LogP contribution >= 0.6 is 0 Å². The van der Waals surface area contributed by atoms with Gasteiger partial charge >= 0.3 is 6.09 Å². The van der Waals surface area contributed by atoms with Crippen molar-refractivity contribution in [1.29, 1.82) is 0 Å². The fourth-order valence-electron chi connectivity index (χ4n) is 2.98. The number of amides is 1. The van der Waals surface area contributed by atoms with Crippen molar-refractivity contribution in [2.24, 2.45) is 11.8 Å². The first-order valence-corrected chi connectivity index (χ1v) is 7.82. The molecule has 2 atom stereocenters. The van der Waals surface area contributed by atoms with Gasteiger partial charge in [0.05, 0.1) is 6.54 Å². The molecule has 2 fully saturated rings. The van der Waals surface area contributed by atoms with Gasteiger partial charge in [0.25, 0.3) is 0 Å². The van der Waals surface area contributed by atoms with Crippen molar-refractivity contribution in [1.82, 2.24) is 4.90 Å². The molecule has 1 aliphatic carbocycles. The maximum atomic E-state index is 14.2. The van der Waals surface area contributed by atoms with E-state index in [-0.39, 0.29) is 19.1 Å². The lowest BCUT2D eigenvalue weighted by molar-refractivity contribution is 0.0484. The first-order chi connectivity index (χ1) is 10.2. The molecule has 1 aromatic rings. The largest absolute Gasteiger partial charge is 0.445 e. The molecule has 3 nitrogen and oxygen atoms in total. The fourth-order valence-corrected chi connectivity index (χ4v) is 2.98. The van der Waals surface area contributed by atoms with Crippen molar-refractivity contribution in [3.63, 3.8) is 0 Å². The number of hydrogen-bond donors (Lipinski definition) is 0. The van der Waals surface area contributed by atoms with Gasteiger partial charge in [0.2, 0.25) is 0 Å². The number of ether oxygens (including phenoxy) is 1. The molecule has 0 bridgehead atoms. The minimum atomic E-state index is -0.899. The summed E-state index contributed by atoms with van der Waals surface area (Å²) < 4.78 is 19.4. The Labute approximate surface area is 125 Å². The number of likely N-dealkylation sites (tertiary alicyclic amines) is 1. The lowest BCUT2D eigenvalue weighted by Crippen LogP contribution is -2.45.